The van der Waals surface area contributed by atoms with Crippen LogP contribution in [-0.2, 0) is 6.54 Å². The van der Waals surface area contributed by atoms with Crippen molar-refractivity contribution in [3.63, 3.8) is 0 Å². The molecule has 1 N–H and O–H groups in total. The summed E-state index contributed by atoms with van der Waals surface area (Å²) in [5.74, 6) is 0. The van der Waals surface area contributed by atoms with E-state index in [4.69, 9.17) is 0 Å². The molecule has 0 radical (unpaired) electrons. The second-order valence-corrected chi connectivity index (χ2v) is 6.74. The molecular weight excluding hydrogens is 324 g/mol. The fourth-order valence-electron chi connectivity index (χ4n) is 2.52. The number of hydrogen-bond donors (Lipinski definition) is 1. The van der Waals surface area contributed by atoms with Gasteiger partial charge in [-0.1, -0.05) is 34.1 Å². The van der Waals surface area contributed by atoms with Crippen molar-refractivity contribution in [2.75, 3.05) is 11.9 Å². The van der Waals surface area contributed by atoms with E-state index >= 15 is 0 Å². The van der Waals surface area contributed by atoms with Crippen LogP contribution in [0.2, 0.25) is 0 Å². The minimum atomic E-state index is 0.728. The van der Waals surface area contributed by atoms with Gasteiger partial charge < -0.3 is 10.2 Å². The van der Waals surface area contributed by atoms with Crippen LogP contribution in [0.3, 0.4) is 0 Å². The Labute approximate surface area is 135 Å². The van der Waals surface area contributed by atoms with E-state index < -0.39 is 0 Å². The first-order valence-electron chi connectivity index (χ1n) is 7.46. The van der Waals surface area contributed by atoms with Crippen LogP contribution < -0.4 is 10.2 Å². The summed E-state index contributed by atoms with van der Waals surface area (Å²) < 4.78 is 1.12. The summed E-state index contributed by atoms with van der Waals surface area (Å²) in [6.45, 7) is 3.07. The second kappa shape index (κ2) is 6.20. The zero-order valence-corrected chi connectivity index (χ0v) is 14.2. The third-order valence-corrected chi connectivity index (χ3v) is 4.45. The monoisotopic (exact) mass is 344 g/mol. The van der Waals surface area contributed by atoms with Crippen LogP contribution >= 0.6 is 15.9 Å². The summed E-state index contributed by atoms with van der Waals surface area (Å²) in [4.78, 5) is 2.27. The van der Waals surface area contributed by atoms with Gasteiger partial charge in [-0.25, -0.2) is 0 Å². The van der Waals surface area contributed by atoms with Crippen LogP contribution in [0.5, 0.6) is 0 Å². The first-order valence-corrected chi connectivity index (χ1v) is 8.25. The van der Waals surface area contributed by atoms with E-state index in [1.165, 1.54) is 35.3 Å². The van der Waals surface area contributed by atoms with Gasteiger partial charge in [-0.15, -0.1) is 0 Å². The molecular formula is C18H21BrN2. The number of benzene rings is 2. The summed E-state index contributed by atoms with van der Waals surface area (Å²) in [6.07, 6.45) is 2.64. The molecule has 3 heteroatoms. The van der Waals surface area contributed by atoms with Gasteiger partial charge in [0.2, 0.25) is 0 Å². The average Bonchev–Trinajstić information content (AvgIpc) is 3.29. The molecule has 0 saturated heterocycles. The molecule has 3 rings (SSSR count). The highest BCUT2D eigenvalue weighted by atomic mass is 79.9. The highest BCUT2D eigenvalue weighted by Crippen LogP contribution is 2.31. The van der Waals surface area contributed by atoms with Crippen molar-refractivity contribution in [3.05, 3.63) is 58.1 Å². The third-order valence-electron chi connectivity index (χ3n) is 3.96. The summed E-state index contributed by atoms with van der Waals surface area (Å²) >= 11 is 3.60. The van der Waals surface area contributed by atoms with Gasteiger partial charge in [-0.2, -0.15) is 0 Å². The fourth-order valence-corrected chi connectivity index (χ4v) is 2.87. The van der Waals surface area contributed by atoms with Gasteiger partial charge >= 0.3 is 0 Å². The summed E-state index contributed by atoms with van der Waals surface area (Å²) in [7, 11) is 2.14. The van der Waals surface area contributed by atoms with Crippen molar-refractivity contribution >= 4 is 27.3 Å². The minimum Gasteiger partial charge on any atom is -0.344 e. The van der Waals surface area contributed by atoms with Crippen molar-refractivity contribution in [2.24, 2.45) is 0 Å². The van der Waals surface area contributed by atoms with Crippen molar-refractivity contribution in [1.29, 1.82) is 0 Å². The van der Waals surface area contributed by atoms with Gasteiger partial charge in [0, 0.05) is 35.5 Å². The molecule has 0 heterocycles. The zero-order chi connectivity index (χ0) is 14.8. The molecule has 2 nitrogen and oxygen atoms in total. The standard InChI is InChI=1S/C18H21BrN2/c1-13-4-3-5-17(10-13)21(2)18-11-15(19)7-6-14(18)12-20-16-8-9-16/h3-7,10-11,16,20H,8-9,12H2,1-2H3. The number of hydrogen-bond acceptors (Lipinski definition) is 2. The highest BCUT2D eigenvalue weighted by molar-refractivity contribution is 9.10. The molecule has 2 aromatic carbocycles. The minimum absolute atomic E-state index is 0.728. The summed E-state index contributed by atoms with van der Waals surface area (Å²) in [5.41, 5.74) is 5.10. The Bertz CT molecular complexity index is 635. The van der Waals surface area contributed by atoms with Gasteiger partial charge in [-0.3, -0.25) is 0 Å². The van der Waals surface area contributed by atoms with E-state index in [9.17, 15) is 0 Å². The van der Waals surface area contributed by atoms with E-state index in [-0.39, 0.29) is 0 Å². The lowest BCUT2D eigenvalue weighted by molar-refractivity contribution is 0.687. The highest BCUT2D eigenvalue weighted by Gasteiger charge is 2.21. The lowest BCUT2D eigenvalue weighted by Crippen LogP contribution is -2.19. The normalized spacial score (nSPS) is 14.2. The van der Waals surface area contributed by atoms with Crippen LogP contribution in [0.15, 0.2) is 46.9 Å². The van der Waals surface area contributed by atoms with Gasteiger partial charge in [0.25, 0.3) is 0 Å². The molecule has 110 valence electrons. The SMILES string of the molecule is Cc1cccc(N(C)c2cc(Br)ccc2CNC2CC2)c1. The summed E-state index contributed by atoms with van der Waals surface area (Å²) in [5, 5.41) is 3.61. The molecule has 0 aromatic heterocycles. The topological polar surface area (TPSA) is 15.3 Å². The summed E-state index contributed by atoms with van der Waals surface area (Å²) in [6, 6.07) is 15.9. The number of aryl methyl sites for hydroxylation is 1. The maximum Gasteiger partial charge on any atom is 0.0465 e. The lowest BCUT2D eigenvalue weighted by atomic mass is 10.1. The maximum absolute atomic E-state index is 3.61. The van der Waals surface area contributed by atoms with Crippen molar-refractivity contribution in [3.8, 4) is 0 Å². The largest absolute Gasteiger partial charge is 0.344 e. The molecule has 0 atom stereocenters. The molecule has 0 aliphatic heterocycles. The van der Waals surface area contributed by atoms with Gasteiger partial charge in [0.15, 0.2) is 0 Å². The van der Waals surface area contributed by atoms with Crippen LogP contribution in [0.4, 0.5) is 11.4 Å². The van der Waals surface area contributed by atoms with Crippen molar-refractivity contribution in [1.82, 2.24) is 5.32 Å². The van der Waals surface area contributed by atoms with Gasteiger partial charge in [0.1, 0.15) is 0 Å². The predicted molar refractivity (Wildman–Crippen MR) is 93.2 cm³/mol. The first kappa shape index (κ1) is 14.6. The Morgan fingerprint density at radius 3 is 2.71 bits per heavy atom. The molecule has 0 bridgehead atoms. The molecule has 1 aliphatic rings. The van der Waals surface area contributed by atoms with E-state index in [2.05, 4.69) is 82.6 Å². The van der Waals surface area contributed by atoms with Crippen molar-refractivity contribution in [2.45, 2.75) is 32.4 Å². The smallest absolute Gasteiger partial charge is 0.0465 e. The molecule has 0 amide bonds. The second-order valence-electron chi connectivity index (χ2n) is 5.83. The Balaban J connectivity index is 1.89. The van der Waals surface area contributed by atoms with Gasteiger partial charge in [-0.05, 0) is 55.2 Å². The van der Waals surface area contributed by atoms with Crippen molar-refractivity contribution < 1.29 is 0 Å². The number of nitrogens with zero attached hydrogens (tertiary/aromatic N) is 1. The van der Waals surface area contributed by atoms with E-state index in [1.54, 1.807) is 0 Å². The molecule has 0 spiro atoms. The number of anilines is 2. The molecule has 1 fully saturated rings. The predicted octanol–water partition coefficient (Wildman–Crippen LogP) is 4.78. The lowest BCUT2D eigenvalue weighted by Gasteiger charge is -2.23. The van der Waals surface area contributed by atoms with Crippen LogP contribution in [-0.4, -0.2) is 13.1 Å². The Morgan fingerprint density at radius 1 is 1.19 bits per heavy atom. The van der Waals surface area contributed by atoms with E-state index in [1.807, 2.05) is 0 Å². The molecule has 1 aliphatic carbocycles. The third kappa shape index (κ3) is 3.66. The number of halogens is 1. The number of nitrogens with one attached hydrogen (secondary N) is 1. The quantitative estimate of drug-likeness (QED) is 0.839. The molecule has 0 unspecified atom stereocenters. The first-order chi connectivity index (χ1) is 10.1. The van der Waals surface area contributed by atoms with Gasteiger partial charge in [0.05, 0.1) is 0 Å². The molecule has 21 heavy (non-hydrogen) atoms. The van der Waals surface area contributed by atoms with E-state index in [0.717, 1.165) is 17.1 Å². The Kier molecular flexibility index (Phi) is 4.32. The fraction of sp³-hybridized carbons (Fsp3) is 0.333. The van der Waals surface area contributed by atoms with Crippen LogP contribution in [0.1, 0.15) is 24.0 Å². The maximum atomic E-state index is 3.61. The zero-order valence-electron chi connectivity index (χ0n) is 12.6. The average molecular weight is 345 g/mol. The molecule has 1 saturated carbocycles. The van der Waals surface area contributed by atoms with Crippen LogP contribution in [0, 0.1) is 6.92 Å². The Hall–Kier alpha value is -1.32. The van der Waals surface area contributed by atoms with E-state index in [0.29, 0.717) is 0 Å². The van der Waals surface area contributed by atoms with Crippen LogP contribution in [0.25, 0.3) is 0 Å². The molecule has 2 aromatic rings. The number of rotatable bonds is 5. The Morgan fingerprint density at radius 2 is 2.00 bits per heavy atom.